The molecule has 1 atom stereocenters. The number of hydrogen-bond donors (Lipinski definition) is 2. The summed E-state index contributed by atoms with van der Waals surface area (Å²) in [4.78, 5) is 51.9. The van der Waals surface area contributed by atoms with Crippen LogP contribution in [0.25, 0.3) is 0 Å². The molecule has 146 valence electrons. The Labute approximate surface area is 163 Å². The van der Waals surface area contributed by atoms with E-state index < -0.39 is 11.9 Å². The minimum atomic E-state index is -0.682. The second-order valence-electron chi connectivity index (χ2n) is 6.97. The zero-order valence-corrected chi connectivity index (χ0v) is 15.7. The molecule has 0 spiro atoms. The lowest BCUT2D eigenvalue weighted by Crippen LogP contribution is -2.52. The maximum Gasteiger partial charge on any atom is 0.255 e. The molecule has 0 saturated carbocycles. The Balaban J connectivity index is 1.70. The van der Waals surface area contributed by atoms with Crippen molar-refractivity contribution in [2.75, 3.05) is 25.5 Å². The number of imide groups is 1. The summed E-state index contributed by atoms with van der Waals surface area (Å²) in [5.74, 6) is 1.29. The van der Waals surface area contributed by atoms with Gasteiger partial charge in [-0.25, -0.2) is 0 Å². The average Bonchev–Trinajstić information content (AvgIpc) is 2.98. The van der Waals surface area contributed by atoms with Gasteiger partial charge in [-0.1, -0.05) is 12.0 Å². The monoisotopic (exact) mass is 382 g/mol. The highest BCUT2D eigenvalue weighted by molar-refractivity contribution is 6.06. The lowest BCUT2D eigenvalue weighted by molar-refractivity contribution is -0.137. The number of piperidine rings is 1. The van der Waals surface area contributed by atoms with Crippen LogP contribution in [0.15, 0.2) is 18.2 Å². The molecule has 2 aliphatic heterocycles. The third kappa shape index (κ3) is 4.05. The molecule has 0 aromatic heterocycles. The summed E-state index contributed by atoms with van der Waals surface area (Å²) in [5, 5.41) is 5.13. The van der Waals surface area contributed by atoms with Gasteiger partial charge in [-0.2, -0.15) is 0 Å². The summed E-state index contributed by atoms with van der Waals surface area (Å²) in [6.45, 7) is 1.20. The summed E-state index contributed by atoms with van der Waals surface area (Å²) >= 11 is 0. The van der Waals surface area contributed by atoms with Gasteiger partial charge < -0.3 is 10.2 Å². The van der Waals surface area contributed by atoms with E-state index in [9.17, 15) is 19.2 Å². The predicted molar refractivity (Wildman–Crippen MR) is 102 cm³/mol. The van der Waals surface area contributed by atoms with Crippen molar-refractivity contribution in [1.29, 1.82) is 0 Å². The van der Waals surface area contributed by atoms with Crippen molar-refractivity contribution >= 4 is 29.3 Å². The van der Waals surface area contributed by atoms with Crippen LogP contribution in [0.5, 0.6) is 0 Å². The van der Waals surface area contributed by atoms with Crippen LogP contribution in [0.1, 0.15) is 35.2 Å². The standard InChI is InChI=1S/C20H22N4O4/c1-3-10-23(2)11-9-18(26)21-15-6-4-5-13-14(15)12-24(20(13)28)16-7-8-17(25)22-19(16)27/h1,4-6,16H,7-12H2,2H3,(H,21,26)(H,22,25,27). The largest absolute Gasteiger partial charge is 0.326 e. The number of rotatable bonds is 6. The molecule has 2 N–H and O–H groups in total. The maximum atomic E-state index is 12.8. The first-order valence-corrected chi connectivity index (χ1v) is 9.09. The molecule has 1 aromatic carbocycles. The van der Waals surface area contributed by atoms with Gasteiger partial charge >= 0.3 is 0 Å². The Morgan fingerprint density at radius 1 is 1.39 bits per heavy atom. The van der Waals surface area contributed by atoms with Crippen LogP contribution in [0.2, 0.25) is 0 Å². The smallest absolute Gasteiger partial charge is 0.255 e. The van der Waals surface area contributed by atoms with E-state index in [0.29, 0.717) is 36.3 Å². The number of fused-ring (bicyclic) bond motifs is 1. The van der Waals surface area contributed by atoms with Crippen molar-refractivity contribution in [3.05, 3.63) is 29.3 Å². The maximum absolute atomic E-state index is 12.8. The van der Waals surface area contributed by atoms with Crippen LogP contribution < -0.4 is 10.6 Å². The first-order valence-electron chi connectivity index (χ1n) is 9.09. The lowest BCUT2D eigenvalue weighted by Gasteiger charge is -2.29. The molecule has 4 amide bonds. The Hall–Kier alpha value is -3.18. The molecule has 8 heteroatoms. The van der Waals surface area contributed by atoms with E-state index in [0.717, 1.165) is 0 Å². The van der Waals surface area contributed by atoms with Gasteiger partial charge in [0.15, 0.2) is 0 Å². The number of nitrogens with zero attached hydrogens (tertiary/aromatic N) is 2. The summed E-state index contributed by atoms with van der Waals surface area (Å²) in [5.41, 5.74) is 1.71. The fraction of sp³-hybridized carbons (Fsp3) is 0.400. The second-order valence-corrected chi connectivity index (χ2v) is 6.97. The number of carbonyl (C=O) groups is 4. The molecule has 2 heterocycles. The summed E-state index contributed by atoms with van der Waals surface area (Å²) in [6.07, 6.45) is 6.02. The van der Waals surface area contributed by atoms with Crippen molar-refractivity contribution in [2.24, 2.45) is 0 Å². The van der Waals surface area contributed by atoms with Crippen LogP contribution >= 0.6 is 0 Å². The Kier molecular flexibility index (Phi) is 5.76. The third-order valence-corrected chi connectivity index (χ3v) is 4.94. The van der Waals surface area contributed by atoms with Gasteiger partial charge in [0.2, 0.25) is 17.7 Å². The fourth-order valence-electron chi connectivity index (χ4n) is 3.44. The topological polar surface area (TPSA) is 98.8 Å². The van der Waals surface area contributed by atoms with Crippen molar-refractivity contribution in [3.63, 3.8) is 0 Å². The quantitative estimate of drug-likeness (QED) is 0.546. The van der Waals surface area contributed by atoms with E-state index in [1.54, 1.807) is 18.2 Å². The molecule has 0 aliphatic carbocycles. The van der Waals surface area contributed by atoms with Gasteiger partial charge in [0.05, 0.1) is 6.54 Å². The van der Waals surface area contributed by atoms with Crippen LogP contribution in [0.4, 0.5) is 5.69 Å². The number of anilines is 1. The molecular weight excluding hydrogens is 360 g/mol. The highest BCUT2D eigenvalue weighted by Gasteiger charge is 2.39. The molecule has 8 nitrogen and oxygen atoms in total. The third-order valence-electron chi connectivity index (χ3n) is 4.94. The first-order chi connectivity index (χ1) is 13.4. The molecule has 1 fully saturated rings. The predicted octanol–water partition coefficient (Wildman–Crippen LogP) is 0.341. The minimum Gasteiger partial charge on any atom is -0.326 e. The highest BCUT2D eigenvalue weighted by atomic mass is 16.2. The number of benzene rings is 1. The van der Waals surface area contributed by atoms with Crippen molar-refractivity contribution in [1.82, 2.24) is 15.1 Å². The minimum absolute atomic E-state index is 0.177. The van der Waals surface area contributed by atoms with Crippen LogP contribution in [-0.2, 0) is 20.9 Å². The number of hydrogen-bond acceptors (Lipinski definition) is 5. The number of amides is 4. The van der Waals surface area contributed by atoms with E-state index in [1.807, 2.05) is 11.9 Å². The zero-order chi connectivity index (χ0) is 20.3. The molecule has 3 rings (SSSR count). The van der Waals surface area contributed by atoms with E-state index in [1.165, 1.54) is 4.90 Å². The molecule has 1 saturated heterocycles. The number of terminal acetylenes is 1. The summed E-state index contributed by atoms with van der Waals surface area (Å²) < 4.78 is 0. The molecule has 0 bridgehead atoms. The van der Waals surface area contributed by atoms with Gasteiger partial charge in [-0.05, 0) is 25.6 Å². The van der Waals surface area contributed by atoms with Crippen LogP contribution in [0, 0.1) is 12.3 Å². The van der Waals surface area contributed by atoms with Gasteiger partial charge in [0.1, 0.15) is 6.04 Å². The molecular formula is C20H22N4O4. The molecule has 1 aromatic rings. The zero-order valence-electron chi connectivity index (χ0n) is 15.7. The Morgan fingerprint density at radius 3 is 2.89 bits per heavy atom. The highest BCUT2D eigenvalue weighted by Crippen LogP contribution is 2.32. The normalized spacial score (nSPS) is 18.7. The van der Waals surface area contributed by atoms with E-state index in [4.69, 9.17) is 6.42 Å². The van der Waals surface area contributed by atoms with E-state index >= 15 is 0 Å². The number of carbonyl (C=O) groups excluding carboxylic acids is 4. The van der Waals surface area contributed by atoms with Gasteiger partial charge in [0, 0.05) is 42.7 Å². The molecule has 28 heavy (non-hydrogen) atoms. The average molecular weight is 382 g/mol. The fourth-order valence-corrected chi connectivity index (χ4v) is 3.44. The van der Waals surface area contributed by atoms with Crippen molar-refractivity contribution < 1.29 is 19.2 Å². The first kappa shape index (κ1) is 19.6. The lowest BCUT2D eigenvalue weighted by atomic mass is 10.0. The second kappa shape index (κ2) is 8.23. The number of nitrogens with one attached hydrogen (secondary N) is 2. The van der Waals surface area contributed by atoms with Crippen LogP contribution in [-0.4, -0.2) is 59.6 Å². The molecule has 0 radical (unpaired) electrons. The SMILES string of the molecule is C#CCN(C)CCC(=O)Nc1cccc2c1CN(C1CCC(=O)NC1=O)C2=O. The summed E-state index contributed by atoms with van der Waals surface area (Å²) in [6, 6.07) is 4.44. The van der Waals surface area contributed by atoms with E-state index in [2.05, 4.69) is 16.6 Å². The molecule has 1 unspecified atom stereocenters. The summed E-state index contributed by atoms with van der Waals surface area (Å²) in [7, 11) is 1.84. The Morgan fingerprint density at radius 2 is 2.18 bits per heavy atom. The Bertz CT molecular complexity index is 873. The molecule has 2 aliphatic rings. The van der Waals surface area contributed by atoms with Gasteiger partial charge in [-0.15, -0.1) is 6.42 Å². The van der Waals surface area contributed by atoms with Gasteiger partial charge in [-0.3, -0.25) is 29.4 Å². The van der Waals surface area contributed by atoms with Gasteiger partial charge in [0.25, 0.3) is 5.91 Å². The van der Waals surface area contributed by atoms with Crippen molar-refractivity contribution in [3.8, 4) is 12.3 Å². The van der Waals surface area contributed by atoms with Crippen molar-refractivity contribution in [2.45, 2.75) is 31.8 Å². The van der Waals surface area contributed by atoms with Crippen LogP contribution in [0.3, 0.4) is 0 Å². The van der Waals surface area contributed by atoms with E-state index in [-0.39, 0.29) is 37.1 Å².